The Morgan fingerprint density at radius 3 is 2.79 bits per heavy atom. The molecule has 1 saturated carbocycles. The first-order valence-electron chi connectivity index (χ1n) is 13.1. The van der Waals surface area contributed by atoms with Crippen molar-refractivity contribution in [2.24, 2.45) is 0 Å². The minimum Gasteiger partial charge on any atom is -0.486 e. The average molecular weight is 534 g/mol. The molecule has 1 aromatic heterocycles. The first-order chi connectivity index (χ1) is 18.4. The van der Waals surface area contributed by atoms with E-state index in [0.29, 0.717) is 29.5 Å². The highest BCUT2D eigenvalue weighted by Gasteiger charge is 2.31. The van der Waals surface area contributed by atoms with Gasteiger partial charge in [-0.3, -0.25) is 9.59 Å². The van der Waals surface area contributed by atoms with E-state index in [2.05, 4.69) is 11.6 Å². The Bertz CT molecular complexity index is 1330. The number of fused-ring (bicyclic) bond motifs is 1. The molecule has 3 aromatic rings. The molecule has 8 heteroatoms. The fourth-order valence-corrected chi connectivity index (χ4v) is 6.26. The standard InChI is InChI=1S/C30H32FN3O3S/c1-3-14-34(24-9-4-5-10-24)30(36)27-19-38-28(32-27)18-37-25-12-11-21-13-15-33(20(2)35)29(26(21)17-25)22-7-6-8-23(31)16-22/h3,6-8,11-12,16-17,19,24,29H,1,4-5,9-10,13-15,18H2,2H3/t29-/m0/s1. The highest BCUT2D eigenvalue weighted by Crippen LogP contribution is 2.37. The van der Waals surface area contributed by atoms with Crippen LogP contribution in [0.15, 0.2) is 60.5 Å². The number of hydrogen-bond donors (Lipinski definition) is 0. The third-order valence-corrected chi connectivity index (χ3v) is 8.22. The Hall–Kier alpha value is -3.52. The molecule has 198 valence electrons. The summed E-state index contributed by atoms with van der Waals surface area (Å²) in [6.45, 7) is 6.68. The van der Waals surface area contributed by atoms with Gasteiger partial charge in [0, 0.05) is 31.4 Å². The van der Waals surface area contributed by atoms with E-state index in [-0.39, 0.29) is 36.3 Å². The van der Waals surface area contributed by atoms with Crippen LogP contribution in [0.1, 0.15) is 70.8 Å². The maximum absolute atomic E-state index is 14.1. The van der Waals surface area contributed by atoms with Gasteiger partial charge in [-0.1, -0.05) is 37.1 Å². The zero-order valence-corrected chi connectivity index (χ0v) is 22.4. The first kappa shape index (κ1) is 26.1. The lowest BCUT2D eigenvalue weighted by atomic mass is 9.88. The lowest BCUT2D eigenvalue weighted by molar-refractivity contribution is -0.130. The number of carbonyl (C=O) groups is 2. The van der Waals surface area contributed by atoms with E-state index in [1.165, 1.54) is 23.5 Å². The minimum absolute atomic E-state index is 0.0562. The summed E-state index contributed by atoms with van der Waals surface area (Å²) < 4.78 is 20.2. The van der Waals surface area contributed by atoms with Crippen molar-refractivity contribution in [1.82, 2.24) is 14.8 Å². The largest absolute Gasteiger partial charge is 0.486 e. The van der Waals surface area contributed by atoms with E-state index < -0.39 is 0 Å². The van der Waals surface area contributed by atoms with Crippen LogP contribution in [0, 0.1) is 5.82 Å². The summed E-state index contributed by atoms with van der Waals surface area (Å²) in [5.74, 6) is 0.187. The van der Waals surface area contributed by atoms with Gasteiger partial charge in [-0.2, -0.15) is 0 Å². The summed E-state index contributed by atoms with van der Waals surface area (Å²) in [6.07, 6.45) is 6.83. The molecule has 2 aliphatic rings. The number of amides is 2. The second-order valence-electron chi connectivity index (χ2n) is 9.88. The number of ether oxygens (including phenoxy) is 1. The topological polar surface area (TPSA) is 62.7 Å². The molecule has 2 amide bonds. The van der Waals surface area contributed by atoms with E-state index in [9.17, 15) is 14.0 Å². The number of rotatable bonds is 8. The van der Waals surface area contributed by atoms with E-state index in [4.69, 9.17) is 4.74 Å². The Morgan fingerprint density at radius 1 is 1.24 bits per heavy atom. The zero-order chi connectivity index (χ0) is 26.6. The summed E-state index contributed by atoms with van der Waals surface area (Å²) in [4.78, 5) is 33.9. The summed E-state index contributed by atoms with van der Waals surface area (Å²) in [6, 6.07) is 12.1. The lowest BCUT2D eigenvalue weighted by Gasteiger charge is -2.37. The van der Waals surface area contributed by atoms with Crippen LogP contribution in [0.25, 0.3) is 0 Å². The molecule has 0 bridgehead atoms. The maximum atomic E-state index is 14.1. The zero-order valence-electron chi connectivity index (χ0n) is 21.6. The molecule has 1 fully saturated rings. The normalized spacial score (nSPS) is 17.2. The average Bonchev–Trinajstić information content (AvgIpc) is 3.62. The summed E-state index contributed by atoms with van der Waals surface area (Å²) in [5.41, 5.74) is 3.21. The minimum atomic E-state index is -0.383. The highest BCUT2D eigenvalue weighted by molar-refractivity contribution is 7.09. The van der Waals surface area contributed by atoms with Gasteiger partial charge in [0.2, 0.25) is 5.91 Å². The maximum Gasteiger partial charge on any atom is 0.273 e. The molecule has 2 heterocycles. The van der Waals surface area contributed by atoms with Gasteiger partial charge in [0.25, 0.3) is 5.91 Å². The molecule has 0 spiro atoms. The third kappa shape index (κ3) is 5.50. The fraction of sp³-hybridized carbons (Fsp3) is 0.367. The number of carbonyl (C=O) groups excluding carboxylic acids is 2. The molecule has 0 radical (unpaired) electrons. The SMILES string of the molecule is C=CCN(C(=O)c1csc(COc2ccc3c(c2)[C@H](c2cccc(F)c2)N(C(C)=O)CC3)n1)C1CCCC1. The quantitative estimate of drug-likeness (QED) is 0.337. The summed E-state index contributed by atoms with van der Waals surface area (Å²) in [7, 11) is 0. The molecule has 0 saturated heterocycles. The number of thiazole rings is 1. The van der Waals surface area contributed by atoms with Gasteiger partial charge in [0.05, 0.1) is 6.04 Å². The Morgan fingerprint density at radius 2 is 2.05 bits per heavy atom. The van der Waals surface area contributed by atoms with Crippen LogP contribution in [0.4, 0.5) is 4.39 Å². The second-order valence-corrected chi connectivity index (χ2v) is 10.8. The summed E-state index contributed by atoms with van der Waals surface area (Å²) in [5, 5.41) is 2.51. The molecule has 0 unspecified atom stereocenters. The van der Waals surface area contributed by atoms with Gasteiger partial charge in [-0.25, -0.2) is 9.37 Å². The molecule has 5 rings (SSSR count). The number of hydrogen-bond acceptors (Lipinski definition) is 5. The highest BCUT2D eigenvalue weighted by atomic mass is 32.1. The Labute approximate surface area is 226 Å². The van der Waals surface area contributed by atoms with Crippen molar-refractivity contribution >= 4 is 23.2 Å². The van der Waals surface area contributed by atoms with Crippen LogP contribution in [0.2, 0.25) is 0 Å². The molecule has 2 aromatic carbocycles. The van der Waals surface area contributed by atoms with Crippen LogP contribution in [0.5, 0.6) is 5.75 Å². The number of halogens is 1. The molecule has 38 heavy (non-hydrogen) atoms. The molecular formula is C30H32FN3O3S. The fourth-order valence-electron chi connectivity index (χ4n) is 5.58. The van der Waals surface area contributed by atoms with Gasteiger partial charge >= 0.3 is 0 Å². The molecular weight excluding hydrogens is 501 g/mol. The predicted molar refractivity (Wildman–Crippen MR) is 146 cm³/mol. The van der Waals surface area contributed by atoms with Crippen molar-refractivity contribution in [2.75, 3.05) is 13.1 Å². The van der Waals surface area contributed by atoms with Crippen LogP contribution >= 0.6 is 11.3 Å². The number of nitrogens with zero attached hydrogens (tertiary/aromatic N) is 3. The monoisotopic (exact) mass is 533 g/mol. The molecule has 6 nitrogen and oxygen atoms in total. The number of benzene rings is 2. The van der Waals surface area contributed by atoms with E-state index in [1.807, 2.05) is 29.2 Å². The van der Waals surface area contributed by atoms with Crippen LogP contribution < -0.4 is 4.74 Å². The van der Waals surface area contributed by atoms with Crippen LogP contribution in [-0.2, 0) is 17.8 Å². The van der Waals surface area contributed by atoms with Gasteiger partial charge in [-0.05, 0) is 60.2 Å². The molecule has 1 aliphatic heterocycles. The van der Waals surface area contributed by atoms with Crippen molar-refractivity contribution in [3.8, 4) is 5.75 Å². The third-order valence-electron chi connectivity index (χ3n) is 7.40. The van der Waals surface area contributed by atoms with Gasteiger partial charge in [0.15, 0.2) is 0 Å². The van der Waals surface area contributed by atoms with E-state index >= 15 is 0 Å². The molecule has 1 aliphatic carbocycles. The van der Waals surface area contributed by atoms with Gasteiger partial charge in [-0.15, -0.1) is 17.9 Å². The van der Waals surface area contributed by atoms with Gasteiger partial charge < -0.3 is 14.5 Å². The van der Waals surface area contributed by atoms with Crippen molar-refractivity contribution in [3.05, 3.63) is 93.7 Å². The van der Waals surface area contributed by atoms with E-state index in [0.717, 1.165) is 48.8 Å². The first-order valence-corrected chi connectivity index (χ1v) is 14.0. The molecule has 0 N–H and O–H groups in total. The molecule has 1 atom stereocenters. The van der Waals surface area contributed by atoms with Crippen molar-refractivity contribution in [3.63, 3.8) is 0 Å². The van der Waals surface area contributed by atoms with E-state index in [1.54, 1.807) is 29.3 Å². The number of aromatic nitrogens is 1. The lowest BCUT2D eigenvalue weighted by Crippen LogP contribution is -2.39. The Kier molecular flexibility index (Phi) is 7.88. The van der Waals surface area contributed by atoms with Gasteiger partial charge in [0.1, 0.15) is 28.9 Å². The van der Waals surface area contributed by atoms with Crippen molar-refractivity contribution in [1.29, 1.82) is 0 Å². The van der Waals surface area contributed by atoms with Crippen molar-refractivity contribution in [2.45, 2.75) is 57.7 Å². The van der Waals surface area contributed by atoms with Crippen LogP contribution in [-0.4, -0.2) is 45.7 Å². The second kappa shape index (κ2) is 11.5. The smallest absolute Gasteiger partial charge is 0.273 e. The van der Waals surface area contributed by atoms with Crippen molar-refractivity contribution < 1.29 is 18.7 Å². The van der Waals surface area contributed by atoms with Crippen LogP contribution in [0.3, 0.4) is 0 Å². The summed E-state index contributed by atoms with van der Waals surface area (Å²) >= 11 is 1.40. The predicted octanol–water partition coefficient (Wildman–Crippen LogP) is 5.93. The Balaban J connectivity index is 1.33.